The summed E-state index contributed by atoms with van der Waals surface area (Å²) in [5.74, 6) is -0.0618. The maximum absolute atomic E-state index is 12.9. The van der Waals surface area contributed by atoms with Crippen LogP contribution in [0.3, 0.4) is 0 Å². The van der Waals surface area contributed by atoms with Crippen molar-refractivity contribution in [3.63, 3.8) is 0 Å². The Balaban J connectivity index is 1.22. The predicted octanol–water partition coefficient (Wildman–Crippen LogP) is 3.95. The van der Waals surface area contributed by atoms with E-state index in [1.807, 2.05) is 30.0 Å². The number of hydrogen-bond acceptors (Lipinski definition) is 5. The Morgan fingerprint density at radius 3 is 2.81 bits per heavy atom. The molecular weight excluding hydrogens is 426 g/mol. The topological polar surface area (TPSA) is 72.3 Å². The van der Waals surface area contributed by atoms with E-state index in [1.165, 1.54) is 5.69 Å². The Bertz CT molecular complexity index is 1200. The summed E-state index contributed by atoms with van der Waals surface area (Å²) in [6.07, 6.45) is 7.74. The van der Waals surface area contributed by atoms with Gasteiger partial charge in [-0.1, -0.05) is 11.6 Å². The molecule has 2 spiro atoms. The molecule has 6 rings (SSSR count). The molecule has 7 nitrogen and oxygen atoms in total. The molecule has 0 saturated carbocycles. The van der Waals surface area contributed by atoms with Gasteiger partial charge in [0.15, 0.2) is 0 Å². The summed E-state index contributed by atoms with van der Waals surface area (Å²) in [6.45, 7) is 3.74. The Hall–Kier alpha value is -2.90. The van der Waals surface area contributed by atoms with Crippen molar-refractivity contribution in [2.45, 2.75) is 37.3 Å². The standard InChI is InChI=1S/C24H24ClN5O2/c1-16-12-27-19(13-26-16)22(31)29-9-6-23(7-10-29)14-24(15-32-23)21-3-2-8-30(21)20-5-4-17(25)11-18(20)28-24/h2-5,8,11-13,28H,6-7,9-10,14-15H2,1H3/t24-/m0/s1. The molecule has 3 aliphatic rings. The van der Waals surface area contributed by atoms with Crippen LogP contribution < -0.4 is 5.32 Å². The molecule has 0 bridgehead atoms. The third-order valence-electron chi connectivity index (χ3n) is 7.04. The Labute approximate surface area is 191 Å². The van der Waals surface area contributed by atoms with E-state index in [0.29, 0.717) is 30.4 Å². The first-order valence-corrected chi connectivity index (χ1v) is 11.3. The third kappa shape index (κ3) is 3.03. The van der Waals surface area contributed by atoms with Crippen LogP contribution in [-0.2, 0) is 10.3 Å². The van der Waals surface area contributed by atoms with Gasteiger partial charge in [0, 0.05) is 36.9 Å². The molecule has 32 heavy (non-hydrogen) atoms. The summed E-state index contributed by atoms with van der Waals surface area (Å²) in [4.78, 5) is 23.2. The van der Waals surface area contributed by atoms with E-state index < -0.39 is 0 Å². The number of piperidine rings is 1. The number of aromatic nitrogens is 3. The van der Waals surface area contributed by atoms with Crippen molar-refractivity contribution in [3.8, 4) is 5.69 Å². The highest BCUT2D eigenvalue weighted by atomic mass is 35.5. The molecule has 3 aliphatic heterocycles. The van der Waals surface area contributed by atoms with Crippen molar-refractivity contribution < 1.29 is 9.53 Å². The van der Waals surface area contributed by atoms with E-state index >= 15 is 0 Å². The number of carbonyl (C=O) groups is 1. The minimum atomic E-state index is -0.310. The number of nitrogens with one attached hydrogen (secondary N) is 1. The molecule has 0 radical (unpaired) electrons. The first-order valence-electron chi connectivity index (χ1n) is 10.9. The lowest BCUT2D eigenvalue weighted by molar-refractivity contribution is -0.0393. The summed E-state index contributed by atoms with van der Waals surface area (Å²) in [7, 11) is 0. The second kappa shape index (κ2) is 7.05. The number of amides is 1. The fraction of sp³-hybridized carbons (Fsp3) is 0.375. The van der Waals surface area contributed by atoms with Crippen LogP contribution in [0.5, 0.6) is 0 Å². The zero-order valence-electron chi connectivity index (χ0n) is 17.8. The zero-order valence-corrected chi connectivity index (χ0v) is 18.6. The molecule has 8 heteroatoms. The van der Waals surface area contributed by atoms with Gasteiger partial charge in [0.05, 0.1) is 41.2 Å². The van der Waals surface area contributed by atoms with E-state index in [2.05, 4.69) is 38.2 Å². The molecule has 2 fully saturated rings. The van der Waals surface area contributed by atoms with Gasteiger partial charge in [0.2, 0.25) is 0 Å². The number of ether oxygens (including phenoxy) is 1. The highest BCUT2D eigenvalue weighted by Crippen LogP contribution is 2.50. The number of anilines is 1. The third-order valence-corrected chi connectivity index (χ3v) is 7.28. The van der Waals surface area contributed by atoms with E-state index in [4.69, 9.17) is 16.3 Å². The fourth-order valence-corrected chi connectivity index (χ4v) is 5.57. The number of hydrogen-bond donors (Lipinski definition) is 1. The van der Waals surface area contributed by atoms with Gasteiger partial charge in [0.1, 0.15) is 11.2 Å². The molecular formula is C24H24ClN5O2. The first-order chi connectivity index (χ1) is 15.5. The number of carbonyl (C=O) groups excluding carboxylic acids is 1. The quantitative estimate of drug-likeness (QED) is 0.609. The molecule has 1 aromatic carbocycles. The minimum Gasteiger partial charge on any atom is -0.372 e. The smallest absolute Gasteiger partial charge is 0.274 e. The lowest BCUT2D eigenvalue weighted by Crippen LogP contribution is -2.48. The lowest BCUT2D eigenvalue weighted by Gasteiger charge is -2.41. The number of halogens is 1. The van der Waals surface area contributed by atoms with E-state index in [9.17, 15) is 4.79 Å². The van der Waals surface area contributed by atoms with Gasteiger partial charge in [-0.3, -0.25) is 9.78 Å². The van der Waals surface area contributed by atoms with Crippen molar-refractivity contribution in [3.05, 3.63) is 71.0 Å². The molecule has 1 amide bonds. The summed E-state index contributed by atoms with van der Waals surface area (Å²) in [5, 5.41) is 4.47. The molecule has 2 saturated heterocycles. The number of likely N-dealkylation sites (tertiary alicyclic amines) is 1. The highest BCUT2D eigenvalue weighted by Gasteiger charge is 2.54. The molecule has 1 N–H and O–H groups in total. The van der Waals surface area contributed by atoms with Gasteiger partial charge >= 0.3 is 0 Å². The Morgan fingerprint density at radius 1 is 1.19 bits per heavy atom. The Morgan fingerprint density at radius 2 is 2.03 bits per heavy atom. The second-order valence-corrected chi connectivity index (χ2v) is 9.55. The fourth-order valence-electron chi connectivity index (χ4n) is 5.40. The van der Waals surface area contributed by atoms with Gasteiger partial charge in [-0.25, -0.2) is 4.98 Å². The molecule has 3 aromatic rings. The highest BCUT2D eigenvalue weighted by molar-refractivity contribution is 6.31. The van der Waals surface area contributed by atoms with Crippen LogP contribution in [0.1, 0.15) is 41.1 Å². The van der Waals surface area contributed by atoms with Crippen LogP contribution in [0.4, 0.5) is 5.69 Å². The lowest BCUT2D eigenvalue weighted by atomic mass is 9.79. The molecule has 0 unspecified atom stereocenters. The average Bonchev–Trinajstić information content (AvgIpc) is 3.41. The summed E-state index contributed by atoms with van der Waals surface area (Å²) < 4.78 is 8.76. The van der Waals surface area contributed by atoms with E-state index in [0.717, 1.165) is 36.3 Å². The first kappa shape index (κ1) is 19.8. The number of fused-ring (bicyclic) bond motifs is 4. The van der Waals surface area contributed by atoms with Crippen LogP contribution in [-0.4, -0.2) is 50.6 Å². The van der Waals surface area contributed by atoms with Crippen LogP contribution in [0, 0.1) is 6.92 Å². The minimum absolute atomic E-state index is 0.0618. The van der Waals surface area contributed by atoms with Crippen molar-refractivity contribution in [2.75, 3.05) is 25.0 Å². The van der Waals surface area contributed by atoms with Gasteiger partial charge in [0.25, 0.3) is 5.91 Å². The number of rotatable bonds is 1. The molecule has 2 aromatic heterocycles. The van der Waals surface area contributed by atoms with Gasteiger partial charge in [-0.2, -0.15) is 0 Å². The van der Waals surface area contributed by atoms with Crippen molar-refractivity contribution in [1.82, 2.24) is 19.4 Å². The SMILES string of the molecule is Cc1cnc(C(=O)N2CCC3(CC2)C[C@@]2(CO3)Nc3cc(Cl)ccc3-n3cccc32)cn1. The average molecular weight is 450 g/mol. The maximum atomic E-state index is 12.9. The van der Waals surface area contributed by atoms with E-state index in [-0.39, 0.29) is 17.0 Å². The zero-order chi connectivity index (χ0) is 21.9. The van der Waals surface area contributed by atoms with E-state index in [1.54, 1.807) is 12.4 Å². The van der Waals surface area contributed by atoms with Crippen molar-refractivity contribution in [1.29, 1.82) is 0 Å². The summed E-state index contributed by atoms with van der Waals surface area (Å²) in [5.41, 5.74) is 3.96. The van der Waals surface area contributed by atoms with Crippen molar-refractivity contribution in [2.24, 2.45) is 0 Å². The maximum Gasteiger partial charge on any atom is 0.274 e. The molecule has 5 heterocycles. The predicted molar refractivity (Wildman–Crippen MR) is 121 cm³/mol. The van der Waals surface area contributed by atoms with Crippen LogP contribution in [0.15, 0.2) is 48.9 Å². The summed E-state index contributed by atoms with van der Waals surface area (Å²) >= 11 is 6.29. The van der Waals surface area contributed by atoms with Gasteiger partial charge in [-0.05, 0) is 50.1 Å². The van der Waals surface area contributed by atoms with Gasteiger partial charge in [-0.15, -0.1) is 0 Å². The molecule has 164 valence electrons. The molecule has 1 atom stereocenters. The van der Waals surface area contributed by atoms with Crippen LogP contribution >= 0.6 is 11.6 Å². The number of benzene rings is 1. The van der Waals surface area contributed by atoms with Crippen LogP contribution in [0.25, 0.3) is 5.69 Å². The van der Waals surface area contributed by atoms with Crippen molar-refractivity contribution >= 4 is 23.2 Å². The summed E-state index contributed by atoms with van der Waals surface area (Å²) in [6, 6.07) is 10.2. The largest absolute Gasteiger partial charge is 0.372 e. The number of aryl methyl sites for hydroxylation is 1. The Kier molecular flexibility index (Phi) is 4.35. The molecule has 0 aliphatic carbocycles. The van der Waals surface area contributed by atoms with Crippen LogP contribution in [0.2, 0.25) is 5.02 Å². The van der Waals surface area contributed by atoms with Gasteiger partial charge < -0.3 is 19.5 Å². The monoisotopic (exact) mass is 449 g/mol. The number of nitrogens with zero attached hydrogens (tertiary/aromatic N) is 4. The normalized spacial score (nSPS) is 23.1. The second-order valence-electron chi connectivity index (χ2n) is 9.12.